The van der Waals surface area contributed by atoms with E-state index in [9.17, 15) is 14.4 Å². The van der Waals surface area contributed by atoms with Crippen LogP contribution in [0.1, 0.15) is 24.1 Å². The number of H-pyrrole nitrogens is 1. The first kappa shape index (κ1) is 21.1. The van der Waals surface area contributed by atoms with E-state index in [1.807, 2.05) is 30.3 Å². The van der Waals surface area contributed by atoms with Crippen LogP contribution >= 0.6 is 0 Å². The van der Waals surface area contributed by atoms with Crippen LogP contribution in [0, 0.1) is 0 Å². The first-order valence-corrected chi connectivity index (χ1v) is 8.80. The molecule has 0 spiro atoms. The monoisotopic (exact) mass is 388 g/mol. The second-order valence-corrected chi connectivity index (χ2v) is 6.16. The largest absolute Gasteiger partial charge is 0.467 e. The van der Waals surface area contributed by atoms with Gasteiger partial charge in [0.2, 0.25) is 5.91 Å². The highest BCUT2D eigenvalue weighted by Crippen LogP contribution is 2.05. The summed E-state index contributed by atoms with van der Waals surface area (Å²) in [6.45, 7) is 0.119. The number of amides is 1. The molecule has 0 bridgehead atoms. The Bertz CT molecular complexity index is 764. The first-order chi connectivity index (χ1) is 13.5. The minimum absolute atomic E-state index is 0.0297. The Kier molecular flexibility index (Phi) is 8.16. The zero-order valence-corrected chi connectivity index (χ0v) is 15.6. The highest BCUT2D eigenvalue weighted by Gasteiger charge is 2.23. The van der Waals surface area contributed by atoms with Crippen LogP contribution in [0.3, 0.4) is 0 Å². The molecule has 0 aliphatic rings. The van der Waals surface area contributed by atoms with Crippen LogP contribution in [0.25, 0.3) is 0 Å². The second-order valence-electron chi connectivity index (χ2n) is 6.16. The lowest BCUT2D eigenvalue weighted by Gasteiger charge is -2.16. The highest BCUT2D eigenvalue weighted by atomic mass is 16.5. The average molecular weight is 388 g/mol. The number of benzene rings is 1. The van der Waals surface area contributed by atoms with E-state index in [0.29, 0.717) is 5.69 Å². The smallest absolute Gasteiger partial charge is 0.328 e. The van der Waals surface area contributed by atoms with Crippen molar-refractivity contribution in [2.75, 3.05) is 7.11 Å². The Morgan fingerprint density at radius 3 is 2.61 bits per heavy atom. The molecule has 2 aromatic rings. The predicted molar refractivity (Wildman–Crippen MR) is 99.7 cm³/mol. The van der Waals surface area contributed by atoms with Crippen molar-refractivity contribution in [1.29, 1.82) is 0 Å². The van der Waals surface area contributed by atoms with Crippen LogP contribution in [-0.2, 0) is 36.9 Å². The van der Waals surface area contributed by atoms with Crippen LogP contribution in [0.4, 0.5) is 0 Å². The van der Waals surface area contributed by atoms with E-state index in [-0.39, 0.29) is 25.9 Å². The van der Waals surface area contributed by atoms with Gasteiger partial charge in [0.15, 0.2) is 0 Å². The maximum absolute atomic E-state index is 12.2. The van der Waals surface area contributed by atoms with Gasteiger partial charge < -0.3 is 25.5 Å². The molecule has 4 N–H and O–H groups in total. The molecular formula is C19H24N4O5. The molecule has 9 heteroatoms. The number of hydrogen-bond donors (Lipinski definition) is 3. The van der Waals surface area contributed by atoms with Crippen molar-refractivity contribution in [1.82, 2.24) is 15.3 Å². The number of nitrogens with two attached hydrogens (primary N) is 1. The van der Waals surface area contributed by atoms with Gasteiger partial charge in [0, 0.05) is 24.7 Å². The maximum Gasteiger partial charge on any atom is 0.328 e. The Labute approximate surface area is 162 Å². The van der Waals surface area contributed by atoms with Crippen molar-refractivity contribution in [3.05, 3.63) is 54.1 Å². The predicted octanol–water partition coefficient (Wildman–Crippen LogP) is 0.461. The molecule has 150 valence electrons. The van der Waals surface area contributed by atoms with Gasteiger partial charge in [-0.05, 0) is 12.0 Å². The molecule has 1 aromatic carbocycles. The summed E-state index contributed by atoms with van der Waals surface area (Å²) in [5.41, 5.74) is 7.32. The van der Waals surface area contributed by atoms with Gasteiger partial charge in [-0.1, -0.05) is 30.3 Å². The quantitative estimate of drug-likeness (QED) is 0.503. The summed E-state index contributed by atoms with van der Waals surface area (Å²) in [6, 6.07) is 7.42. The van der Waals surface area contributed by atoms with Crippen molar-refractivity contribution in [2.45, 2.75) is 38.0 Å². The summed E-state index contributed by atoms with van der Waals surface area (Å²) in [5, 5.41) is 2.59. The summed E-state index contributed by atoms with van der Waals surface area (Å²) >= 11 is 0. The maximum atomic E-state index is 12.2. The van der Waals surface area contributed by atoms with Gasteiger partial charge in [-0.25, -0.2) is 9.78 Å². The lowest BCUT2D eigenvalue weighted by molar-refractivity contribution is -0.147. The molecule has 2 atom stereocenters. The van der Waals surface area contributed by atoms with Crippen molar-refractivity contribution in [3.8, 4) is 0 Å². The van der Waals surface area contributed by atoms with E-state index in [1.165, 1.54) is 13.4 Å². The summed E-state index contributed by atoms with van der Waals surface area (Å²) in [4.78, 5) is 42.7. The molecule has 0 fully saturated rings. The lowest BCUT2D eigenvalue weighted by Crippen LogP contribution is -2.43. The Hall–Kier alpha value is -3.20. The van der Waals surface area contributed by atoms with Crippen molar-refractivity contribution in [3.63, 3.8) is 0 Å². The van der Waals surface area contributed by atoms with E-state index < -0.39 is 29.9 Å². The van der Waals surface area contributed by atoms with Crippen LogP contribution in [0.2, 0.25) is 0 Å². The standard InChI is InChI=1S/C19H24N4O5/c1-27-19(26)16(9-14-10-21-12-22-14)23-17(24)8-7-15(20)18(25)28-11-13-5-3-2-4-6-13/h2-6,10,12,15-16H,7-9,11,20H2,1H3,(H,21,22)(H,23,24)/t15?,16-/m0/s1. The molecule has 28 heavy (non-hydrogen) atoms. The van der Waals surface area contributed by atoms with Gasteiger partial charge in [-0.15, -0.1) is 0 Å². The minimum Gasteiger partial charge on any atom is -0.467 e. The van der Waals surface area contributed by atoms with Gasteiger partial charge in [-0.3, -0.25) is 9.59 Å². The first-order valence-electron chi connectivity index (χ1n) is 8.80. The summed E-state index contributed by atoms with van der Waals surface area (Å²) < 4.78 is 9.86. The van der Waals surface area contributed by atoms with E-state index >= 15 is 0 Å². The van der Waals surface area contributed by atoms with Crippen LogP contribution in [0.15, 0.2) is 42.9 Å². The Morgan fingerprint density at radius 2 is 1.96 bits per heavy atom. The number of nitrogens with zero attached hydrogens (tertiary/aromatic N) is 1. The number of aromatic amines is 1. The average Bonchev–Trinajstić information content (AvgIpc) is 3.23. The van der Waals surface area contributed by atoms with Crippen molar-refractivity contribution in [2.24, 2.45) is 5.73 Å². The summed E-state index contributed by atoms with van der Waals surface area (Å²) in [7, 11) is 1.24. The van der Waals surface area contributed by atoms with Gasteiger partial charge in [-0.2, -0.15) is 0 Å². The zero-order valence-electron chi connectivity index (χ0n) is 15.6. The van der Waals surface area contributed by atoms with Crippen molar-refractivity contribution >= 4 is 17.8 Å². The van der Waals surface area contributed by atoms with Crippen LogP contribution < -0.4 is 11.1 Å². The number of methoxy groups -OCH3 is 1. The highest BCUT2D eigenvalue weighted by molar-refractivity contribution is 5.85. The minimum atomic E-state index is -0.932. The lowest BCUT2D eigenvalue weighted by atomic mass is 10.1. The van der Waals surface area contributed by atoms with E-state index in [0.717, 1.165) is 5.56 Å². The van der Waals surface area contributed by atoms with Gasteiger partial charge >= 0.3 is 11.9 Å². The molecule has 0 saturated heterocycles. The Morgan fingerprint density at radius 1 is 1.21 bits per heavy atom. The molecule has 2 rings (SSSR count). The molecule has 0 aliphatic heterocycles. The SMILES string of the molecule is COC(=O)[C@H](Cc1cnc[nH]1)NC(=O)CCC(N)C(=O)OCc1ccccc1. The number of hydrogen-bond acceptors (Lipinski definition) is 7. The molecule has 1 amide bonds. The third kappa shape index (κ3) is 6.84. The molecule has 0 radical (unpaired) electrons. The number of rotatable bonds is 10. The number of ether oxygens (including phenoxy) is 2. The number of aromatic nitrogens is 2. The van der Waals surface area contributed by atoms with E-state index in [4.69, 9.17) is 15.2 Å². The van der Waals surface area contributed by atoms with Crippen LogP contribution in [0.5, 0.6) is 0 Å². The molecule has 1 heterocycles. The number of nitrogens with one attached hydrogen (secondary N) is 2. The number of imidazole rings is 1. The zero-order chi connectivity index (χ0) is 20.4. The summed E-state index contributed by atoms with van der Waals surface area (Å²) in [6.07, 6.45) is 3.31. The molecule has 0 saturated carbocycles. The molecule has 1 unspecified atom stereocenters. The molecule has 9 nitrogen and oxygen atoms in total. The van der Waals surface area contributed by atoms with Gasteiger partial charge in [0.1, 0.15) is 18.7 Å². The Balaban J connectivity index is 1.77. The van der Waals surface area contributed by atoms with Gasteiger partial charge in [0.05, 0.1) is 13.4 Å². The number of carbonyl (C=O) groups excluding carboxylic acids is 3. The van der Waals surface area contributed by atoms with Crippen LogP contribution in [-0.4, -0.2) is 47.0 Å². The fourth-order valence-corrected chi connectivity index (χ4v) is 2.46. The fourth-order valence-electron chi connectivity index (χ4n) is 2.46. The molecular weight excluding hydrogens is 364 g/mol. The van der Waals surface area contributed by atoms with Gasteiger partial charge in [0.25, 0.3) is 0 Å². The fraction of sp³-hybridized carbons (Fsp3) is 0.368. The number of carbonyl (C=O) groups is 3. The molecule has 0 aliphatic carbocycles. The molecule has 1 aromatic heterocycles. The number of esters is 2. The third-order valence-electron chi connectivity index (χ3n) is 4.01. The summed E-state index contributed by atoms with van der Waals surface area (Å²) in [5.74, 6) is -1.57. The van der Waals surface area contributed by atoms with Crippen molar-refractivity contribution < 1.29 is 23.9 Å². The third-order valence-corrected chi connectivity index (χ3v) is 4.01. The topological polar surface area (TPSA) is 136 Å². The van der Waals surface area contributed by atoms with E-state index in [2.05, 4.69) is 15.3 Å². The second kappa shape index (κ2) is 10.8. The normalized spacial score (nSPS) is 12.6. The van der Waals surface area contributed by atoms with E-state index in [1.54, 1.807) is 6.20 Å².